The molecular formula is C73H139NO5. The minimum Gasteiger partial charge on any atom is -0.466 e. The van der Waals surface area contributed by atoms with Gasteiger partial charge in [-0.2, -0.15) is 0 Å². The fourth-order valence-electron chi connectivity index (χ4n) is 11.2. The number of carbonyl (C=O) groups is 2. The van der Waals surface area contributed by atoms with Gasteiger partial charge in [0.2, 0.25) is 5.91 Å². The Morgan fingerprint density at radius 1 is 0.354 bits per heavy atom. The number of carbonyl (C=O) groups excluding carboxylic acids is 2. The van der Waals surface area contributed by atoms with Gasteiger partial charge >= 0.3 is 5.97 Å². The average Bonchev–Trinajstić information content (AvgIpc) is 3.45. The number of nitrogens with one attached hydrogen (secondary N) is 1. The molecule has 3 N–H and O–H groups in total. The molecule has 0 bridgehead atoms. The van der Waals surface area contributed by atoms with Crippen molar-refractivity contribution in [1.82, 2.24) is 5.32 Å². The van der Waals surface area contributed by atoms with Gasteiger partial charge in [0.1, 0.15) is 0 Å². The van der Waals surface area contributed by atoms with Crippen molar-refractivity contribution < 1.29 is 24.5 Å². The SMILES string of the molecule is CCCC/C=C\C/C=C\CCCCCCCC(=O)OCCCCCCCCCCCCCCCCCC/C=C\CCCCCCCCCCCCCCCCCCCC(=O)NC(CO)C(O)CCCCCCCCCCCCC. The van der Waals surface area contributed by atoms with Crippen LogP contribution in [0.2, 0.25) is 0 Å². The number of aliphatic hydroxyl groups is 2. The molecule has 0 fully saturated rings. The molecule has 466 valence electrons. The van der Waals surface area contributed by atoms with Gasteiger partial charge in [-0.05, 0) is 77.0 Å². The first-order valence-corrected chi connectivity index (χ1v) is 35.7. The second-order valence-corrected chi connectivity index (χ2v) is 24.6. The minimum absolute atomic E-state index is 0.00693. The molecule has 0 aromatic heterocycles. The van der Waals surface area contributed by atoms with Crippen molar-refractivity contribution in [3.05, 3.63) is 36.5 Å². The molecular weight excluding hydrogens is 971 g/mol. The monoisotopic (exact) mass is 1110 g/mol. The van der Waals surface area contributed by atoms with E-state index in [4.69, 9.17) is 4.74 Å². The van der Waals surface area contributed by atoms with Crippen LogP contribution < -0.4 is 5.32 Å². The fraction of sp³-hybridized carbons (Fsp3) is 0.890. The van der Waals surface area contributed by atoms with Crippen LogP contribution in [0.4, 0.5) is 0 Å². The first-order chi connectivity index (χ1) is 39.0. The molecule has 0 aromatic rings. The van der Waals surface area contributed by atoms with Crippen molar-refractivity contribution in [2.24, 2.45) is 0 Å². The summed E-state index contributed by atoms with van der Waals surface area (Å²) in [6.07, 6.45) is 87.9. The van der Waals surface area contributed by atoms with Crippen LogP contribution in [0.5, 0.6) is 0 Å². The molecule has 79 heavy (non-hydrogen) atoms. The summed E-state index contributed by atoms with van der Waals surface area (Å²) >= 11 is 0. The molecule has 0 radical (unpaired) electrons. The second-order valence-electron chi connectivity index (χ2n) is 24.6. The lowest BCUT2D eigenvalue weighted by atomic mass is 10.0. The maximum Gasteiger partial charge on any atom is 0.305 e. The summed E-state index contributed by atoms with van der Waals surface area (Å²) in [6.45, 7) is 4.92. The number of rotatable bonds is 67. The molecule has 0 aliphatic carbocycles. The van der Waals surface area contributed by atoms with Gasteiger partial charge in [0, 0.05) is 12.8 Å². The van der Waals surface area contributed by atoms with E-state index >= 15 is 0 Å². The van der Waals surface area contributed by atoms with E-state index in [1.54, 1.807) is 0 Å². The van der Waals surface area contributed by atoms with Crippen LogP contribution in [-0.4, -0.2) is 47.4 Å². The number of aliphatic hydroxyl groups excluding tert-OH is 2. The number of ether oxygens (including phenoxy) is 1. The van der Waals surface area contributed by atoms with Gasteiger partial charge in [0.05, 0.1) is 25.4 Å². The Hall–Kier alpha value is -1.92. The highest BCUT2D eigenvalue weighted by atomic mass is 16.5. The molecule has 0 aliphatic heterocycles. The highest BCUT2D eigenvalue weighted by Crippen LogP contribution is 2.19. The van der Waals surface area contributed by atoms with Crippen molar-refractivity contribution in [2.45, 2.75) is 405 Å². The zero-order valence-corrected chi connectivity index (χ0v) is 53.4. The summed E-state index contributed by atoms with van der Waals surface area (Å²) in [7, 11) is 0. The summed E-state index contributed by atoms with van der Waals surface area (Å²) in [5, 5.41) is 23.2. The van der Waals surface area contributed by atoms with Crippen molar-refractivity contribution in [3.63, 3.8) is 0 Å². The molecule has 2 unspecified atom stereocenters. The van der Waals surface area contributed by atoms with E-state index in [1.807, 2.05) is 0 Å². The van der Waals surface area contributed by atoms with E-state index in [0.29, 0.717) is 25.9 Å². The van der Waals surface area contributed by atoms with Crippen LogP contribution in [0, 0.1) is 0 Å². The smallest absolute Gasteiger partial charge is 0.305 e. The van der Waals surface area contributed by atoms with E-state index < -0.39 is 12.1 Å². The molecule has 0 aliphatic rings. The van der Waals surface area contributed by atoms with Gasteiger partial charge in [0.15, 0.2) is 0 Å². The molecule has 1 amide bonds. The van der Waals surface area contributed by atoms with Crippen LogP contribution in [0.25, 0.3) is 0 Å². The van der Waals surface area contributed by atoms with Crippen LogP contribution in [0.1, 0.15) is 393 Å². The normalized spacial score (nSPS) is 12.7. The van der Waals surface area contributed by atoms with E-state index in [9.17, 15) is 19.8 Å². The number of hydrogen-bond acceptors (Lipinski definition) is 5. The number of unbranched alkanes of at least 4 members (excludes halogenated alkanes) is 50. The lowest BCUT2D eigenvalue weighted by molar-refractivity contribution is -0.143. The zero-order chi connectivity index (χ0) is 57.1. The van der Waals surface area contributed by atoms with E-state index in [-0.39, 0.29) is 18.5 Å². The van der Waals surface area contributed by atoms with E-state index in [1.165, 1.54) is 308 Å². The summed E-state index contributed by atoms with van der Waals surface area (Å²) < 4.78 is 5.48. The van der Waals surface area contributed by atoms with Gasteiger partial charge in [-0.1, -0.05) is 339 Å². The Balaban J connectivity index is 3.31. The lowest BCUT2D eigenvalue weighted by Crippen LogP contribution is -2.45. The first-order valence-electron chi connectivity index (χ1n) is 35.7. The molecule has 0 heterocycles. The predicted octanol–water partition coefficient (Wildman–Crippen LogP) is 23.1. The van der Waals surface area contributed by atoms with Gasteiger partial charge in [-0.3, -0.25) is 9.59 Å². The largest absolute Gasteiger partial charge is 0.466 e. The molecule has 0 saturated heterocycles. The third kappa shape index (κ3) is 65.1. The second kappa shape index (κ2) is 68.6. The van der Waals surface area contributed by atoms with Gasteiger partial charge in [-0.15, -0.1) is 0 Å². The van der Waals surface area contributed by atoms with Gasteiger partial charge in [0.25, 0.3) is 0 Å². The van der Waals surface area contributed by atoms with Crippen molar-refractivity contribution in [3.8, 4) is 0 Å². The predicted molar refractivity (Wildman–Crippen MR) is 347 cm³/mol. The van der Waals surface area contributed by atoms with Crippen molar-refractivity contribution in [2.75, 3.05) is 13.2 Å². The van der Waals surface area contributed by atoms with Crippen LogP contribution in [-0.2, 0) is 14.3 Å². The maximum atomic E-state index is 12.5. The molecule has 0 rings (SSSR count). The molecule has 6 nitrogen and oxygen atoms in total. The number of amides is 1. The molecule has 6 heteroatoms. The molecule has 0 saturated carbocycles. The van der Waals surface area contributed by atoms with E-state index in [0.717, 1.165) is 51.4 Å². The van der Waals surface area contributed by atoms with Gasteiger partial charge in [-0.25, -0.2) is 0 Å². The summed E-state index contributed by atoms with van der Waals surface area (Å²) in [5.41, 5.74) is 0. The third-order valence-corrected chi connectivity index (χ3v) is 16.7. The van der Waals surface area contributed by atoms with Crippen LogP contribution in [0.15, 0.2) is 36.5 Å². The lowest BCUT2D eigenvalue weighted by Gasteiger charge is -2.22. The standard InChI is InChI=1S/C73H139NO5/c1-3-5-7-9-11-13-15-16-43-47-51-55-59-63-67-73(78)79-68-64-60-56-52-48-44-41-39-37-35-33-31-29-27-25-23-21-19-17-18-20-22-24-26-28-30-32-34-36-38-40-42-46-50-54-58-62-66-72(77)74-70(69-75)71(76)65-61-57-53-49-45-14-12-10-8-6-4-2/h9,11,15-17,19,70-71,75-76H,3-8,10,12-14,18,20-69H2,1-2H3,(H,74,77)/b11-9-,16-15-,19-17-. The fourth-order valence-corrected chi connectivity index (χ4v) is 11.2. The maximum absolute atomic E-state index is 12.5. The Morgan fingerprint density at radius 2 is 0.646 bits per heavy atom. The van der Waals surface area contributed by atoms with Crippen molar-refractivity contribution >= 4 is 11.9 Å². The summed E-state index contributed by atoms with van der Waals surface area (Å²) in [5.74, 6) is -0.0234. The Bertz CT molecular complexity index is 1280. The summed E-state index contributed by atoms with van der Waals surface area (Å²) in [4.78, 5) is 24.5. The zero-order valence-electron chi connectivity index (χ0n) is 53.4. The number of esters is 1. The Labute approximate surface area is 494 Å². The van der Waals surface area contributed by atoms with Crippen LogP contribution >= 0.6 is 0 Å². The Morgan fingerprint density at radius 3 is 1.01 bits per heavy atom. The average molecular weight is 1110 g/mol. The van der Waals surface area contributed by atoms with E-state index in [2.05, 4.69) is 55.6 Å². The first kappa shape index (κ1) is 77.1. The quantitative estimate of drug-likeness (QED) is 0.0320. The van der Waals surface area contributed by atoms with Crippen molar-refractivity contribution in [1.29, 1.82) is 0 Å². The Kier molecular flexibility index (Phi) is 66.9. The molecule has 0 aromatic carbocycles. The number of allylic oxidation sites excluding steroid dienone is 6. The topological polar surface area (TPSA) is 95.9 Å². The molecule has 0 spiro atoms. The minimum atomic E-state index is -0.660. The number of hydrogen-bond donors (Lipinski definition) is 3. The summed E-state index contributed by atoms with van der Waals surface area (Å²) in [6, 6.07) is -0.537. The third-order valence-electron chi connectivity index (χ3n) is 16.7. The van der Waals surface area contributed by atoms with Gasteiger partial charge < -0.3 is 20.3 Å². The molecule has 2 atom stereocenters. The highest BCUT2D eigenvalue weighted by molar-refractivity contribution is 5.76. The van der Waals surface area contributed by atoms with Crippen LogP contribution in [0.3, 0.4) is 0 Å². The highest BCUT2D eigenvalue weighted by Gasteiger charge is 2.20.